The molecule has 2 aromatic carbocycles. The summed E-state index contributed by atoms with van der Waals surface area (Å²) in [6, 6.07) is 17.7. The van der Waals surface area contributed by atoms with Crippen molar-refractivity contribution in [1.82, 2.24) is 10.6 Å². The molecule has 0 fully saturated rings. The maximum atomic E-state index is 12.7. The summed E-state index contributed by atoms with van der Waals surface area (Å²) in [5, 5.41) is 5.89. The van der Waals surface area contributed by atoms with Gasteiger partial charge in [0.15, 0.2) is 0 Å². The number of furan rings is 1. The van der Waals surface area contributed by atoms with Crippen LogP contribution >= 0.6 is 11.6 Å². The van der Waals surface area contributed by atoms with E-state index in [1.54, 1.807) is 54.6 Å². The number of nitrogens with one attached hydrogen (secondary N) is 2. The van der Waals surface area contributed by atoms with E-state index in [4.69, 9.17) is 16.0 Å². The third-order valence-corrected chi connectivity index (χ3v) is 4.36. The highest BCUT2D eigenvalue weighted by Crippen LogP contribution is 2.18. The third kappa shape index (κ3) is 5.11. The first-order valence-electron chi connectivity index (χ1n) is 8.68. The van der Waals surface area contributed by atoms with E-state index in [2.05, 4.69) is 10.6 Å². The van der Waals surface area contributed by atoms with Crippen molar-refractivity contribution in [1.29, 1.82) is 0 Å². The molecular weight excluding hydrogens is 376 g/mol. The van der Waals surface area contributed by atoms with Crippen molar-refractivity contribution in [2.45, 2.75) is 13.5 Å². The van der Waals surface area contributed by atoms with E-state index in [1.165, 1.54) is 6.26 Å². The molecule has 5 nitrogen and oxygen atoms in total. The maximum absolute atomic E-state index is 12.7. The Labute approximate surface area is 168 Å². The summed E-state index contributed by atoms with van der Waals surface area (Å²) in [6.07, 6.45) is 3.08. The molecule has 0 aliphatic carbocycles. The average Bonchev–Trinajstić information content (AvgIpc) is 3.21. The molecule has 0 spiro atoms. The molecule has 6 heteroatoms. The first-order chi connectivity index (χ1) is 13.5. The van der Waals surface area contributed by atoms with Gasteiger partial charge in [0.25, 0.3) is 11.8 Å². The quantitative estimate of drug-likeness (QED) is 0.611. The zero-order valence-corrected chi connectivity index (χ0v) is 16.0. The molecular formula is C22H19ClN2O3. The molecule has 1 heterocycles. The first kappa shape index (κ1) is 19.5. The molecule has 0 bridgehead atoms. The van der Waals surface area contributed by atoms with Crippen LogP contribution < -0.4 is 10.6 Å². The maximum Gasteiger partial charge on any atom is 0.268 e. The van der Waals surface area contributed by atoms with Crippen LogP contribution in [-0.4, -0.2) is 11.8 Å². The van der Waals surface area contributed by atoms with Crippen molar-refractivity contribution >= 4 is 29.5 Å². The van der Waals surface area contributed by atoms with E-state index in [-0.39, 0.29) is 18.1 Å². The summed E-state index contributed by atoms with van der Waals surface area (Å²) in [4.78, 5) is 25.3. The van der Waals surface area contributed by atoms with Gasteiger partial charge in [-0.2, -0.15) is 0 Å². The fourth-order valence-electron chi connectivity index (χ4n) is 2.48. The molecule has 28 heavy (non-hydrogen) atoms. The smallest absolute Gasteiger partial charge is 0.268 e. The third-order valence-electron chi connectivity index (χ3n) is 4.01. The van der Waals surface area contributed by atoms with Gasteiger partial charge >= 0.3 is 0 Å². The van der Waals surface area contributed by atoms with Gasteiger partial charge in [0.2, 0.25) is 0 Å². The lowest BCUT2D eigenvalue weighted by atomic mass is 10.1. The van der Waals surface area contributed by atoms with Crippen LogP contribution in [0.15, 0.2) is 77.0 Å². The number of carbonyl (C=O) groups is 2. The first-order valence-corrected chi connectivity index (χ1v) is 9.05. The largest absolute Gasteiger partial charge is 0.467 e. The number of carbonyl (C=O) groups excluding carboxylic acids is 2. The lowest BCUT2D eigenvalue weighted by molar-refractivity contribution is -0.118. The van der Waals surface area contributed by atoms with Crippen LogP contribution in [0, 0.1) is 6.92 Å². The number of halogens is 1. The Bertz CT molecular complexity index is 993. The summed E-state index contributed by atoms with van der Waals surface area (Å²) >= 11 is 6.20. The molecule has 0 aliphatic rings. The van der Waals surface area contributed by atoms with E-state index < -0.39 is 5.91 Å². The standard InChI is InChI=1S/C22H19ClN2O3/c1-15-8-10-16(11-9-15)21(26)25-20(13-17-5-2-3-7-19(17)23)22(27)24-14-18-6-4-12-28-18/h2-13H,14H2,1H3,(H,24,27)(H,25,26). The van der Waals surface area contributed by atoms with E-state index in [1.807, 2.05) is 19.1 Å². The number of rotatable bonds is 6. The molecule has 2 amide bonds. The molecule has 1 aromatic heterocycles. The Morgan fingerprint density at radius 2 is 1.79 bits per heavy atom. The minimum atomic E-state index is -0.447. The number of aryl methyl sites for hydroxylation is 1. The van der Waals surface area contributed by atoms with Gasteiger partial charge in [-0.05, 0) is 48.9 Å². The molecule has 3 rings (SSSR count). The van der Waals surface area contributed by atoms with Crippen molar-refractivity contribution in [3.8, 4) is 0 Å². The molecule has 0 saturated carbocycles. The number of benzene rings is 2. The second-order valence-corrected chi connectivity index (χ2v) is 6.57. The predicted molar refractivity (Wildman–Crippen MR) is 109 cm³/mol. The molecule has 0 radical (unpaired) electrons. The van der Waals surface area contributed by atoms with Gasteiger partial charge in [-0.3, -0.25) is 9.59 Å². The summed E-state index contributed by atoms with van der Waals surface area (Å²) < 4.78 is 5.22. The Hall–Kier alpha value is -3.31. The topological polar surface area (TPSA) is 71.3 Å². The molecule has 0 unspecified atom stereocenters. The van der Waals surface area contributed by atoms with Crippen molar-refractivity contribution in [2.75, 3.05) is 0 Å². The molecule has 0 atom stereocenters. The Balaban J connectivity index is 1.83. The summed E-state index contributed by atoms with van der Waals surface area (Å²) in [6.45, 7) is 2.14. The molecule has 0 aliphatic heterocycles. The van der Waals surface area contributed by atoms with Crippen molar-refractivity contribution in [3.05, 3.63) is 100 Å². The van der Waals surface area contributed by atoms with E-state index in [0.717, 1.165) is 5.56 Å². The second kappa shape index (κ2) is 9.06. The van der Waals surface area contributed by atoms with Crippen LogP contribution in [-0.2, 0) is 11.3 Å². The fourth-order valence-corrected chi connectivity index (χ4v) is 2.67. The Kier molecular flexibility index (Phi) is 6.29. The van der Waals surface area contributed by atoms with Gasteiger partial charge < -0.3 is 15.1 Å². The van der Waals surface area contributed by atoms with E-state index in [0.29, 0.717) is 21.9 Å². The molecule has 3 aromatic rings. The van der Waals surface area contributed by atoms with Crippen LogP contribution in [0.3, 0.4) is 0 Å². The summed E-state index contributed by atoms with van der Waals surface area (Å²) in [5.74, 6) is -0.224. The van der Waals surface area contributed by atoms with Gasteiger partial charge in [0, 0.05) is 10.6 Å². The van der Waals surface area contributed by atoms with E-state index in [9.17, 15) is 9.59 Å². The lowest BCUT2D eigenvalue weighted by Gasteiger charge is -2.11. The van der Waals surface area contributed by atoms with Crippen molar-refractivity contribution in [2.24, 2.45) is 0 Å². The molecule has 0 saturated heterocycles. The van der Waals surface area contributed by atoms with Crippen molar-refractivity contribution in [3.63, 3.8) is 0 Å². The fraction of sp³-hybridized carbons (Fsp3) is 0.0909. The van der Waals surface area contributed by atoms with Crippen molar-refractivity contribution < 1.29 is 14.0 Å². The number of hydrogen-bond donors (Lipinski definition) is 2. The van der Waals surface area contributed by atoms with Gasteiger partial charge in [-0.1, -0.05) is 47.5 Å². The monoisotopic (exact) mass is 394 g/mol. The normalized spacial score (nSPS) is 11.1. The lowest BCUT2D eigenvalue weighted by Crippen LogP contribution is -2.34. The van der Waals surface area contributed by atoms with Crippen LogP contribution in [0.25, 0.3) is 6.08 Å². The summed E-state index contributed by atoms with van der Waals surface area (Å²) in [7, 11) is 0. The summed E-state index contributed by atoms with van der Waals surface area (Å²) in [5.41, 5.74) is 2.20. The van der Waals surface area contributed by atoms with Crippen LogP contribution in [0.4, 0.5) is 0 Å². The minimum absolute atomic E-state index is 0.0882. The minimum Gasteiger partial charge on any atom is -0.467 e. The van der Waals surface area contributed by atoms with E-state index >= 15 is 0 Å². The van der Waals surface area contributed by atoms with Crippen LogP contribution in [0.2, 0.25) is 5.02 Å². The van der Waals surface area contributed by atoms with Gasteiger partial charge in [-0.25, -0.2) is 0 Å². The molecule has 142 valence electrons. The average molecular weight is 395 g/mol. The van der Waals surface area contributed by atoms with Gasteiger partial charge in [-0.15, -0.1) is 0 Å². The zero-order chi connectivity index (χ0) is 19.9. The van der Waals surface area contributed by atoms with Crippen LogP contribution in [0.1, 0.15) is 27.2 Å². The highest BCUT2D eigenvalue weighted by atomic mass is 35.5. The molecule has 2 N–H and O–H groups in total. The number of hydrogen-bond acceptors (Lipinski definition) is 3. The Morgan fingerprint density at radius 1 is 1.04 bits per heavy atom. The number of amides is 2. The van der Waals surface area contributed by atoms with Gasteiger partial charge in [0.05, 0.1) is 12.8 Å². The highest BCUT2D eigenvalue weighted by Gasteiger charge is 2.15. The SMILES string of the molecule is Cc1ccc(C(=O)NC(=Cc2ccccc2Cl)C(=O)NCc2ccco2)cc1. The van der Waals surface area contributed by atoms with Crippen LogP contribution in [0.5, 0.6) is 0 Å². The predicted octanol–water partition coefficient (Wildman–Crippen LogP) is 4.33. The zero-order valence-electron chi connectivity index (χ0n) is 15.2. The Morgan fingerprint density at radius 3 is 2.46 bits per heavy atom. The van der Waals surface area contributed by atoms with Gasteiger partial charge in [0.1, 0.15) is 11.5 Å². The highest BCUT2D eigenvalue weighted by molar-refractivity contribution is 6.32. The second-order valence-electron chi connectivity index (χ2n) is 6.16.